The molecular weight excluding hydrogens is 342 g/mol. The van der Waals surface area contributed by atoms with Gasteiger partial charge in [-0.15, -0.1) is 0 Å². The summed E-state index contributed by atoms with van der Waals surface area (Å²) in [6.45, 7) is 2.12. The summed E-state index contributed by atoms with van der Waals surface area (Å²) in [6.07, 6.45) is 3.59. The summed E-state index contributed by atoms with van der Waals surface area (Å²) in [5.74, 6) is 1.23. The van der Waals surface area contributed by atoms with Gasteiger partial charge in [0.2, 0.25) is 0 Å². The summed E-state index contributed by atoms with van der Waals surface area (Å²) >= 11 is 6.11. The Morgan fingerprint density at radius 3 is 2.56 bits per heavy atom. The van der Waals surface area contributed by atoms with Crippen molar-refractivity contribution >= 4 is 23.2 Å². The first-order valence-corrected chi connectivity index (χ1v) is 8.03. The van der Waals surface area contributed by atoms with Crippen LogP contribution in [-0.2, 0) is 20.7 Å². The molecule has 0 bridgehead atoms. The Morgan fingerprint density at radius 2 is 2.00 bits per heavy atom. The second kappa shape index (κ2) is 6.98. The van der Waals surface area contributed by atoms with E-state index in [-0.39, 0.29) is 5.91 Å². The summed E-state index contributed by atoms with van der Waals surface area (Å²) in [5.41, 5.74) is 1.60. The number of nitrogens with zero attached hydrogens (tertiary/aromatic N) is 4. The van der Waals surface area contributed by atoms with E-state index >= 15 is 0 Å². The van der Waals surface area contributed by atoms with Crippen LogP contribution in [0.5, 0.6) is 5.75 Å². The van der Waals surface area contributed by atoms with E-state index in [4.69, 9.17) is 16.3 Å². The maximum absolute atomic E-state index is 12.4. The average molecular weight is 360 g/mol. The van der Waals surface area contributed by atoms with Gasteiger partial charge in [0.15, 0.2) is 0 Å². The monoisotopic (exact) mass is 359 g/mol. The minimum atomic E-state index is -0.294. The van der Waals surface area contributed by atoms with E-state index < -0.39 is 0 Å². The SMILES string of the molecule is Cc1nn(C)c(Cl)c1C(=O)Nc1ccc(OCc2nccn2C)cc1. The zero-order chi connectivity index (χ0) is 18.0. The molecule has 0 atom stereocenters. The van der Waals surface area contributed by atoms with Crippen molar-refractivity contribution in [2.75, 3.05) is 5.32 Å². The summed E-state index contributed by atoms with van der Waals surface area (Å²) < 4.78 is 9.06. The molecule has 1 amide bonds. The number of rotatable bonds is 5. The molecule has 0 saturated carbocycles. The third-order valence-electron chi connectivity index (χ3n) is 3.78. The van der Waals surface area contributed by atoms with Crippen molar-refractivity contribution in [1.29, 1.82) is 0 Å². The molecule has 7 nitrogen and oxygen atoms in total. The van der Waals surface area contributed by atoms with Crippen molar-refractivity contribution in [3.05, 3.63) is 58.9 Å². The smallest absolute Gasteiger partial charge is 0.260 e. The second-order valence-corrected chi connectivity index (χ2v) is 5.95. The zero-order valence-corrected chi connectivity index (χ0v) is 14.9. The molecule has 1 N–H and O–H groups in total. The van der Waals surface area contributed by atoms with Gasteiger partial charge in [-0.25, -0.2) is 4.98 Å². The standard InChI is InChI=1S/C17H18ClN5O2/c1-11-15(16(18)23(3)21-11)17(24)20-12-4-6-13(7-5-12)25-10-14-19-8-9-22(14)2/h4-9H,10H2,1-3H3,(H,20,24). The quantitative estimate of drug-likeness (QED) is 0.760. The molecule has 0 fully saturated rings. The number of nitrogens with one attached hydrogen (secondary N) is 1. The average Bonchev–Trinajstić information content (AvgIpc) is 3.09. The predicted molar refractivity (Wildman–Crippen MR) is 94.9 cm³/mol. The lowest BCUT2D eigenvalue weighted by atomic mass is 10.2. The highest BCUT2D eigenvalue weighted by Gasteiger charge is 2.18. The summed E-state index contributed by atoms with van der Waals surface area (Å²) in [5, 5.41) is 7.26. The van der Waals surface area contributed by atoms with E-state index in [1.54, 1.807) is 44.4 Å². The molecule has 8 heteroatoms. The molecule has 2 aromatic heterocycles. The van der Waals surface area contributed by atoms with Crippen LogP contribution in [0.1, 0.15) is 21.9 Å². The molecule has 2 heterocycles. The van der Waals surface area contributed by atoms with Crippen LogP contribution in [0, 0.1) is 6.92 Å². The third-order valence-corrected chi connectivity index (χ3v) is 4.21. The molecule has 3 aromatic rings. The molecule has 0 saturated heterocycles. The number of carbonyl (C=O) groups is 1. The van der Waals surface area contributed by atoms with Crippen LogP contribution < -0.4 is 10.1 Å². The molecule has 0 radical (unpaired) electrons. The van der Waals surface area contributed by atoms with Gasteiger partial charge in [0.05, 0.1) is 11.3 Å². The van der Waals surface area contributed by atoms with Gasteiger partial charge in [-0.1, -0.05) is 11.6 Å². The molecule has 0 aliphatic rings. The van der Waals surface area contributed by atoms with Gasteiger partial charge < -0.3 is 14.6 Å². The molecular formula is C17H18ClN5O2. The van der Waals surface area contributed by atoms with E-state index in [1.807, 2.05) is 17.8 Å². The number of ether oxygens (including phenoxy) is 1. The number of aromatic nitrogens is 4. The number of hydrogen-bond donors (Lipinski definition) is 1. The number of benzene rings is 1. The lowest BCUT2D eigenvalue weighted by Crippen LogP contribution is -2.13. The summed E-state index contributed by atoms with van der Waals surface area (Å²) in [7, 11) is 3.61. The predicted octanol–water partition coefficient (Wildman–Crippen LogP) is 2.95. The molecule has 130 valence electrons. The van der Waals surface area contributed by atoms with E-state index in [1.165, 1.54) is 4.68 Å². The number of carbonyl (C=O) groups excluding carboxylic acids is 1. The first kappa shape index (κ1) is 17.0. The van der Waals surface area contributed by atoms with Crippen LogP contribution in [-0.4, -0.2) is 25.2 Å². The largest absolute Gasteiger partial charge is 0.486 e. The highest BCUT2D eigenvalue weighted by Crippen LogP contribution is 2.22. The van der Waals surface area contributed by atoms with Crippen LogP contribution in [0.15, 0.2) is 36.7 Å². The Morgan fingerprint density at radius 1 is 1.28 bits per heavy atom. The van der Waals surface area contributed by atoms with Crippen molar-refractivity contribution in [1.82, 2.24) is 19.3 Å². The summed E-state index contributed by atoms with van der Waals surface area (Å²) in [4.78, 5) is 16.6. The van der Waals surface area contributed by atoms with Crippen molar-refractivity contribution in [3.63, 3.8) is 0 Å². The number of aryl methyl sites for hydroxylation is 3. The molecule has 1 aromatic carbocycles. The second-order valence-electron chi connectivity index (χ2n) is 5.60. The number of halogens is 1. The highest BCUT2D eigenvalue weighted by molar-refractivity contribution is 6.33. The fraction of sp³-hybridized carbons (Fsp3) is 0.235. The number of amides is 1. The fourth-order valence-electron chi connectivity index (χ4n) is 2.40. The minimum Gasteiger partial charge on any atom is -0.486 e. The molecule has 3 rings (SSSR count). The lowest BCUT2D eigenvalue weighted by molar-refractivity contribution is 0.102. The van der Waals surface area contributed by atoms with E-state index in [9.17, 15) is 4.79 Å². The molecule has 25 heavy (non-hydrogen) atoms. The van der Waals surface area contributed by atoms with Gasteiger partial charge in [0.1, 0.15) is 23.3 Å². The van der Waals surface area contributed by atoms with Crippen LogP contribution >= 0.6 is 11.6 Å². The van der Waals surface area contributed by atoms with Gasteiger partial charge in [0, 0.05) is 32.2 Å². The van der Waals surface area contributed by atoms with E-state index in [0.717, 1.165) is 5.82 Å². The van der Waals surface area contributed by atoms with Crippen LogP contribution in [0.2, 0.25) is 5.15 Å². The van der Waals surface area contributed by atoms with Gasteiger partial charge in [-0.2, -0.15) is 5.10 Å². The fourth-order valence-corrected chi connectivity index (χ4v) is 2.66. The van der Waals surface area contributed by atoms with Crippen molar-refractivity contribution in [2.24, 2.45) is 14.1 Å². The maximum Gasteiger partial charge on any atom is 0.260 e. The van der Waals surface area contributed by atoms with Gasteiger partial charge in [0.25, 0.3) is 5.91 Å². The summed E-state index contributed by atoms with van der Waals surface area (Å²) in [6, 6.07) is 7.11. The Balaban J connectivity index is 1.64. The highest BCUT2D eigenvalue weighted by atomic mass is 35.5. The molecule has 0 unspecified atom stereocenters. The van der Waals surface area contributed by atoms with Crippen molar-refractivity contribution < 1.29 is 9.53 Å². The Hall–Kier alpha value is -2.80. The first-order valence-electron chi connectivity index (χ1n) is 7.65. The minimum absolute atomic E-state index is 0.294. The van der Waals surface area contributed by atoms with Crippen LogP contribution in [0.3, 0.4) is 0 Å². The first-order chi connectivity index (χ1) is 12.0. The Bertz CT molecular complexity index is 898. The molecule has 0 aliphatic carbocycles. The van der Waals surface area contributed by atoms with Crippen LogP contribution in [0.4, 0.5) is 5.69 Å². The van der Waals surface area contributed by atoms with Gasteiger partial charge in [-0.05, 0) is 31.2 Å². The van der Waals surface area contributed by atoms with Crippen molar-refractivity contribution in [2.45, 2.75) is 13.5 Å². The number of hydrogen-bond acceptors (Lipinski definition) is 4. The lowest BCUT2D eigenvalue weighted by Gasteiger charge is -2.08. The van der Waals surface area contributed by atoms with Crippen LogP contribution in [0.25, 0.3) is 0 Å². The van der Waals surface area contributed by atoms with Crippen molar-refractivity contribution in [3.8, 4) is 5.75 Å². The van der Waals surface area contributed by atoms with E-state index in [0.29, 0.717) is 34.5 Å². The Labute approximate surface area is 150 Å². The normalized spacial score (nSPS) is 10.7. The molecule has 0 aliphatic heterocycles. The van der Waals surface area contributed by atoms with E-state index in [2.05, 4.69) is 15.4 Å². The molecule has 0 spiro atoms. The number of imidazole rings is 1. The third kappa shape index (κ3) is 3.66. The van der Waals surface area contributed by atoms with Gasteiger partial charge in [-0.3, -0.25) is 9.48 Å². The Kier molecular flexibility index (Phi) is 4.76. The zero-order valence-electron chi connectivity index (χ0n) is 14.2. The maximum atomic E-state index is 12.4. The topological polar surface area (TPSA) is 74.0 Å². The number of anilines is 1. The van der Waals surface area contributed by atoms with Gasteiger partial charge >= 0.3 is 0 Å².